The Hall–Kier alpha value is -1.88. The second kappa shape index (κ2) is 4.10. The van der Waals surface area contributed by atoms with E-state index in [2.05, 4.69) is 26.2 Å². The third-order valence-corrected chi connectivity index (χ3v) is 3.41. The first-order chi connectivity index (χ1) is 8.69. The van der Waals surface area contributed by atoms with Crippen LogP contribution in [0.15, 0.2) is 24.4 Å². The van der Waals surface area contributed by atoms with Crippen molar-refractivity contribution < 1.29 is 9.53 Å². The van der Waals surface area contributed by atoms with Crippen LogP contribution >= 0.6 is 0 Å². The number of carbonyl (C=O) groups excluding carboxylic acids is 1. The van der Waals surface area contributed by atoms with Gasteiger partial charge in [0.15, 0.2) is 0 Å². The molecule has 94 valence electrons. The molecule has 1 aliphatic rings. The summed E-state index contributed by atoms with van der Waals surface area (Å²) in [6, 6.07) is 6.11. The lowest BCUT2D eigenvalue weighted by Crippen LogP contribution is -2.44. The smallest absolute Gasteiger partial charge is 0.356 e. The van der Waals surface area contributed by atoms with E-state index in [9.17, 15) is 4.79 Å². The second-order valence-electron chi connectivity index (χ2n) is 4.69. The normalized spacial score (nSPS) is 16.8. The molecular formula is C13H15N3O2. The largest absolute Gasteiger partial charge is 0.464 e. The van der Waals surface area contributed by atoms with E-state index in [1.807, 2.05) is 18.3 Å². The standard InChI is InChI=1S/C13H15N3O2/c1-15-7-9(8-15)16-6-5-10-12(16)4-3-11(14-10)13(17)18-2/h3-6,9H,7-8H2,1-2H3. The van der Waals surface area contributed by atoms with Crippen LogP contribution in [-0.2, 0) is 4.74 Å². The summed E-state index contributed by atoms with van der Waals surface area (Å²) < 4.78 is 6.90. The van der Waals surface area contributed by atoms with Gasteiger partial charge in [-0.1, -0.05) is 0 Å². The predicted octanol–water partition coefficient (Wildman–Crippen LogP) is 1.31. The summed E-state index contributed by atoms with van der Waals surface area (Å²) in [6.07, 6.45) is 2.04. The minimum Gasteiger partial charge on any atom is -0.464 e. The highest BCUT2D eigenvalue weighted by Crippen LogP contribution is 2.25. The monoisotopic (exact) mass is 245 g/mol. The van der Waals surface area contributed by atoms with Gasteiger partial charge in [0, 0.05) is 19.3 Å². The van der Waals surface area contributed by atoms with Crippen LogP contribution in [-0.4, -0.2) is 47.7 Å². The van der Waals surface area contributed by atoms with E-state index in [1.54, 1.807) is 6.07 Å². The highest BCUT2D eigenvalue weighted by molar-refractivity contribution is 5.90. The molecule has 1 aliphatic heterocycles. The number of pyridine rings is 1. The number of fused-ring (bicyclic) bond motifs is 1. The molecule has 3 heterocycles. The molecule has 0 aromatic carbocycles. The SMILES string of the molecule is COC(=O)c1ccc2c(ccn2C2CN(C)C2)n1. The zero-order chi connectivity index (χ0) is 12.7. The minimum absolute atomic E-state index is 0.355. The number of rotatable bonds is 2. The van der Waals surface area contributed by atoms with E-state index in [4.69, 9.17) is 0 Å². The van der Waals surface area contributed by atoms with Gasteiger partial charge in [0.25, 0.3) is 0 Å². The van der Waals surface area contributed by atoms with Crippen LogP contribution in [0.5, 0.6) is 0 Å². The van der Waals surface area contributed by atoms with Crippen molar-refractivity contribution >= 4 is 17.0 Å². The van der Waals surface area contributed by atoms with Crippen LogP contribution in [0.2, 0.25) is 0 Å². The van der Waals surface area contributed by atoms with Crippen LogP contribution < -0.4 is 0 Å². The summed E-state index contributed by atoms with van der Waals surface area (Å²) in [6.45, 7) is 2.12. The highest BCUT2D eigenvalue weighted by atomic mass is 16.5. The van der Waals surface area contributed by atoms with Gasteiger partial charge < -0.3 is 14.2 Å². The maximum absolute atomic E-state index is 11.4. The molecule has 3 rings (SSSR count). The van der Waals surface area contributed by atoms with Crippen molar-refractivity contribution in [2.75, 3.05) is 27.2 Å². The Balaban J connectivity index is 1.97. The molecule has 0 amide bonds. The zero-order valence-electron chi connectivity index (χ0n) is 10.5. The molecule has 1 fully saturated rings. The average Bonchev–Trinajstić information content (AvgIpc) is 2.76. The van der Waals surface area contributed by atoms with Crippen LogP contribution in [0.25, 0.3) is 11.0 Å². The number of hydrogen-bond donors (Lipinski definition) is 0. The van der Waals surface area contributed by atoms with Gasteiger partial charge in [-0.25, -0.2) is 9.78 Å². The Bertz CT molecular complexity index is 599. The molecule has 0 spiro atoms. The molecule has 0 saturated carbocycles. The number of methoxy groups -OCH3 is 1. The van der Waals surface area contributed by atoms with E-state index in [0.717, 1.165) is 24.1 Å². The lowest BCUT2D eigenvalue weighted by Gasteiger charge is -2.37. The Labute approximate surface area is 105 Å². The summed E-state index contributed by atoms with van der Waals surface area (Å²) in [7, 11) is 3.47. The molecule has 5 nitrogen and oxygen atoms in total. The number of aromatic nitrogens is 2. The first kappa shape index (κ1) is 11.2. The summed E-state index contributed by atoms with van der Waals surface area (Å²) in [5.74, 6) is -0.395. The van der Waals surface area contributed by atoms with Crippen molar-refractivity contribution in [1.29, 1.82) is 0 Å². The van der Waals surface area contributed by atoms with Crippen LogP contribution in [0, 0.1) is 0 Å². The van der Waals surface area contributed by atoms with E-state index in [-0.39, 0.29) is 0 Å². The summed E-state index contributed by atoms with van der Waals surface area (Å²) in [5.41, 5.74) is 2.27. The number of hydrogen-bond acceptors (Lipinski definition) is 4. The van der Waals surface area contributed by atoms with Crippen molar-refractivity contribution in [3.63, 3.8) is 0 Å². The third-order valence-electron chi connectivity index (χ3n) is 3.41. The summed E-state index contributed by atoms with van der Waals surface area (Å²) in [5, 5.41) is 0. The molecule has 0 radical (unpaired) electrons. The number of likely N-dealkylation sites (N-methyl/N-ethyl adjacent to an activating group) is 1. The molecule has 2 aromatic rings. The molecule has 1 saturated heterocycles. The van der Waals surface area contributed by atoms with Gasteiger partial charge >= 0.3 is 5.97 Å². The summed E-state index contributed by atoms with van der Waals surface area (Å²) >= 11 is 0. The van der Waals surface area contributed by atoms with Gasteiger partial charge in [-0.3, -0.25) is 0 Å². The molecule has 0 unspecified atom stereocenters. The Morgan fingerprint density at radius 1 is 1.39 bits per heavy atom. The van der Waals surface area contributed by atoms with Crippen LogP contribution in [0.3, 0.4) is 0 Å². The third kappa shape index (κ3) is 1.67. The van der Waals surface area contributed by atoms with Crippen molar-refractivity contribution in [1.82, 2.24) is 14.5 Å². The van der Waals surface area contributed by atoms with Gasteiger partial charge in [-0.05, 0) is 25.2 Å². The Kier molecular flexibility index (Phi) is 2.56. The zero-order valence-corrected chi connectivity index (χ0v) is 10.5. The molecule has 0 atom stereocenters. The number of likely N-dealkylation sites (tertiary alicyclic amines) is 1. The fourth-order valence-electron chi connectivity index (χ4n) is 2.42. The molecule has 0 bridgehead atoms. The molecule has 0 aliphatic carbocycles. The van der Waals surface area contributed by atoms with Gasteiger partial charge in [0.05, 0.1) is 24.2 Å². The topological polar surface area (TPSA) is 47.4 Å². The van der Waals surface area contributed by atoms with E-state index < -0.39 is 5.97 Å². The maximum atomic E-state index is 11.4. The number of nitrogens with zero attached hydrogens (tertiary/aromatic N) is 3. The number of ether oxygens (including phenoxy) is 1. The Morgan fingerprint density at radius 3 is 2.83 bits per heavy atom. The van der Waals surface area contributed by atoms with Crippen molar-refractivity contribution in [2.45, 2.75) is 6.04 Å². The van der Waals surface area contributed by atoms with Crippen molar-refractivity contribution in [3.8, 4) is 0 Å². The highest BCUT2D eigenvalue weighted by Gasteiger charge is 2.25. The second-order valence-corrected chi connectivity index (χ2v) is 4.69. The molecule has 0 N–H and O–H groups in total. The van der Waals surface area contributed by atoms with E-state index in [1.165, 1.54) is 7.11 Å². The van der Waals surface area contributed by atoms with Gasteiger partial charge in [-0.15, -0.1) is 0 Å². The lowest BCUT2D eigenvalue weighted by molar-refractivity contribution is 0.0594. The molecule has 5 heteroatoms. The van der Waals surface area contributed by atoms with Crippen LogP contribution in [0.4, 0.5) is 0 Å². The molecule has 18 heavy (non-hydrogen) atoms. The first-order valence-electron chi connectivity index (χ1n) is 5.93. The fourth-order valence-corrected chi connectivity index (χ4v) is 2.42. The van der Waals surface area contributed by atoms with Gasteiger partial charge in [0.2, 0.25) is 0 Å². The van der Waals surface area contributed by atoms with Crippen LogP contribution in [0.1, 0.15) is 16.5 Å². The van der Waals surface area contributed by atoms with E-state index in [0.29, 0.717) is 11.7 Å². The maximum Gasteiger partial charge on any atom is 0.356 e. The number of carbonyl (C=O) groups is 1. The lowest BCUT2D eigenvalue weighted by atomic mass is 10.1. The molecule has 2 aromatic heterocycles. The van der Waals surface area contributed by atoms with Crippen molar-refractivity contribution in [2.24, 2.45) is 0 Å². The average molecular weight is 245 g/mol. The predicted molar refractivity (Wildman–Crippen MR) is 67.6 cm³/mol. The van der Waals surface area contributed by atoms with Crippen molar-refractivity contribution in [3.05, 3.63) is 30.1 Å². The molecular weight excluding hydrogens is 230 g/mol. The fraction of sp³-hybridized carbons (Fsp3) is 0.385. The quantitative estimate of drug-likeness (QED) is 0.748. The minimum atomic E-state index is -0.395. The summed E-state index contributed by atoms with van der Waals surface area (Å²) in [4.78, 5) is 18.0. The first-order valence-corrected chi connectivity index (χ1v) is 5.93. The van der Waals surface area contributed by atoms with E-state index >= 15 is 0 Å². The van der Waals surface area contributed by atoms with Gasteiger partial charge in [0.1, 0.15) is 5.69 Å². The Morgan fingerprint density at radius 2 is 2.17 bits per heavy atom. The number of esters is 1. The van der Waals surface area contributed by atoms with Gasteiger partial charge in [-0.2, -0.15) is 0 Å².